The van der Waals surface area contributed by atoms with Crippen LogP contribution in [0.15, 0.2) is 134 Å². The second-order valence-electron chi connectivity index (χ2n) is 9.27. The van der Waals surface area contributed by atoms with Crippen molar-refractivity contribution in [1.82, 2.24) is 4.57 Å². The van der Waals surface area contributed by atoms with Crippen LogP contribution < -0.4 is 4.90 Å². The fraction of sp³-hybridized carbons (Fsp3) is 0.114. The summed E-state index contributed by atoms with van der Waals surface area (Å²) in [6.07, 6.45) is 20.9. The third-order valence-electron chi connectivity index (χ3n) is 6.83. The molecule has 3 nitrogen and oxygen atoms in total. The number of allylic oxidation sites excluding steroid dienone is 9. The van der Waals surface area contributed by atoms with Crippen molar-refractivity contribution < 1.29 is 0 Å². The minimum absolute atomic E-state index is 0.259. The number of hydrogen-bond acceptors (Lipinski definition) is 2. The van der Waals surface area contributed by atoms with Gasteiger partial charge in [0.25, 0.3) is 0 Å². The highest BCUT2D eigenvalue weighted by Crippen LogP contribution is 2.42. The van der Waals surface area contributed by atoms with E-state index in [-0.39, 0.29) is 5.92 Å². The van der Waals surface area contributed by atoms with Crippen molar-refractivity contribution >= 4 is 40.7 Å². The van der Waals surface area contributed by atoms with Crippen LogP contribution in [0.4, 0.5) is 5.69 Å². The molecule has 38 heavy (non-hydrogen) atoms. The van der Waals surface area contributed by atoms with E-state index in [9.17, 15) is 0 Å². The van der Waals surface area contributed by atoms with Gasteiger partial charge in [0.15, 0.2) is 0 Å². The van der Waals surface area contributed by atoms with E-state index in [0.29, 0.717) is 6.54 Å². The molecule has 0 aliphatic carbocycles. The van der Waals surface area contributed by atoms with Crippen molar-refractivity contribution in [3.63, 3.8) is 0 Å². The molecule has 1 aliphatic rings. The van der Waals surface area contributed by atoms with Gasteiger partial charge in [0.1, 0.15) is 0 Å². The zero-order valence-electron chi connectivity index (χ0n) is 22.2. The van der Waals surface area contributed by atoms with Crippen LogP contribution in [-0.4, -0.2) is 17.8 Å². The molecule has 1 aromatic heterocycles. The van der Waals surface area contributed by atoms with Gasteiger partial charge in [0.05, 0.1) is 5.52 Å². The maximum atomic E-state index is 4.46. The molecule has 0 saturated carbocycles. The van der Waals surface area contributed by atoms with Gasteiger partial charge in [-0.2, -0.15) is 0 Å². The van der Waals surface area contributed by atoms with E-state index in [0.717, 1.165) is 39.9 Å². The summed E-state index contributed by atoms with van der Waals surface area (Å²) in [6.45, 7) is 22.8. The molecular formula is C35H35N3. The van der Waals surface area contributed by atoms with Gasteiger partial charge in [-0.3, -0.25) is 4.99 Å². The summed E-state index contributed by atoms with van der Waals surface area (Å²) >= 11 is 0. The van der Waals surface area contributed by atoms with Gasteiger partial charge in [-0.25, -0.2) is 0 Å². The Hall–Kier alpha value is -4.63. The Kier molecular flexibility index (Phi) is 8.40. The third kappa shape index (κ3) is 5.37. The van der Waals surface area contributed by atoms with E-state index < -0.39 is 0 Å². The summed E-state index contributed by atoms with van der Waals surface area (Å²) in [6, 6.07) is 14.8. The lowest BCUT2D eigenvalue weighted by Gasteiger charge is -2.20. The third-order valence-corrected chi connectivity index (χ3v) is 6.83. The minimum Gasteiger partial charge on any atom is -0.341 e. The molecule has 1 unspecified atom stereocenters. The molecule has 1 atom stereocenters. The van der Waals surface area contributed by atoms with Crippen molar-refractivity contribution in [1.29, 1.82) is 0 Å². The van der Waals surface area contributed by atoms with Gasteiger partial charge in [-0.15, -0.1) is 6.58 Å². The second kappa shape index (κ2) is 12.1. The van der Waals surface area contributed by atoms with E-state index in [1.165, 1.54) is 16.8 Å². The Balaban J connectivity index is 1.86. The largest absolute Gasteiger partial charge is 0.341 e. The normalized spacial score (nSPS) is 14.9. The maximum absolute atomic E-state index is 4.46. The van der Waals surface area contributed by atoms with Crippen LogP contribution in [0.2, 0.25) is 0 Å². The van der Waals surface area contributed by atoms with Crippen molar-refractivity contribution in [2.75, 3.05) is 11.4 Å². The topological polar surface area (TPSA) is 20.5 Å². The molecule has 0 radical (unpaired) electrons. The average molecular weight is 498 g/mol. The molecule has 3 heteroatoms. The minimum atomic E-state index is 0.259. The van der Waals surface area contributed by atoms with Crippen LogP contribution in [-0.2, 0) is 6.42 Å². The molecule has 4 rings (SSSR count). The number of fused-ring (bicyclic) bond motifs is 2. The van der Waals surface area contributed by atoms with Crippen LogP contribution in [0.25, 0.3) is 28.2 Å². The fourth-order valence-electron chi connectivity index (χ4n) is 4.81. The molecule has 0 saturated heterocycles. The Labute approximate surface area is 226 Å². The molecule has 2 aromatic carbocycles. The first kappa shape index (κ1) is 26.4. The summed E-state index contributed by atoms with van der Waals surface area (Å²) < 4.78 is 2.19. The lowest BCUT2D eigenvalue weighted by atomic mass is 9.99. The monoisotopic (exact) mass is 497 g/mol. The molecule has 0 N–H and O–H groups in total. The van der Waals surface area contributed by atoms with Crippen LogP contribution in [0.5, 0.6) is 0 Å². The SMILES string of the molecule is C=C/C=C(\C=C)n1ccc2cc3c(c(/C=C\C(C)C=C)c21)CC(=C)N3C/C=C(\C=C/N=C)c1ccccc1. The predicted octanol–water partition coefficient (Wildman–Crippen LogP) is 8.86. The highest BCUT2D eigenvalue weighted by atomic mass is 15.2. The van der Waals surface area contributed by atoms with Crippen LogP contribution in [0.3, 0.4) is 0 Å². The number of rotatable bonds is 11. The zero-order chi connectivity index (χ0) is 27.1. The Bertz CT molecular complexity index is 1510. The van der Waals surface area contributed by atoms with E-state index in [1.807, 2.05) is 42.5 Å². The Morgan fingerprint density at radius 1 is 1.13 bits per heavy atom. The average Bonchev–Trinajstić information content (AvgIpc) is 3.50. The number of benzene rings is 2. The van der Waals surface area contributed by atoms with Gasteiger partial charge in [0.2, 0.25) is 0 Å². The second-order valence-corrected chi connectivity index (χ2v) is 9.27. The Morgan fingerprint density at radius 2 is 1.92 bits per heavy atom. The first-order valence-corrected chi connectivity index (χ1v) is 12.8. The van der Waals surface area contributed by atoms with Crippen molar-refractivity contribution in [3.05, 3.63) is 146 Å². The van der Waals surface area contributed by atoms with Crippen molar-refractivity contribution in [2.45, 2.75) is 13.3 Å². The predicted molar refractivity (Wildman–Crippen MR) is 168 cm³/mol. The van der Waals surface area contributed by atoms with Crippen LogP contribution in [0.1, 0.15) is 23.6 Å². The lowest BCUT2D eigenvalue weighted by Crippen LogP contribution is -2.18. The van der Waals surface area contributed by atoms with E-state index >= 15 is 0 Å². The van der Waals surface area contributed by atoms with Crippen molar-refractivity contribution in [3.8, 4) is 0 Å². The highest BCUT2D eigenvalue weighted by Gasteiger charge is 2.27. The molecule has 0 bridgehead atoms. The van der Waals surface area contributed by atoms with E-state index in [4.69, 9.17) is 0 Å². The molecule has 0 spiro atoms. The number of aliphatic imine (C=N–C) groups is 1. The molecule has 2 heterocycles. The molecule has 0 fully saturated rings. The number of anilines is 1. The summed E-state index contributed by atoms with van der Waals surface area (Å²) in [5.41, 5.74) is 9.09. The first-order chi connectivity index (χ1) is 18.5. The smallest absolute Gasteiger partial charge is 0.0605 e. The quantitative estimate of drug-likeness (QED) is 0.147. The number of nitrogens with zero attached hydrogens (tertiary/aromatic N) is 3. The molecule has 3 aromatic rings. The Morgan fingerprint density at radius 3 is 2.61 bits per heavy atom. The molecular weight excluding hydrogens is 462 g/mol. The molecule has 190 valence electrons. The van der Waals surface area contributed by atoms with E-state index in [1.54, 1.807) is 12.3 Å². The summed E-state index contributed by atoms with van der Waals surface area (Å²) in [5, 5.41) is 1.16. The summed E-state index contributed by atoms with van der Waals surface area (Å²) in [5.74, 6) is 0.259. The lowest BCUT2D eigenvalue weighted by molar-refractivity contribution is 0.949. The zero-order valence-corrected chi connectivity index (χ0v) is 22.2. The van der Waals surface area contributed by atoms with Crippen LogP contribution in [0, 0.1) is 5.92 Å². The van der Waals surface area contributed by atoms with Gasteiger partial charge in [0, 0.05) is 53.4 Å². The first-order valence-electron chi connectivity index (χ1n) is 12.8. The summed E-state index contributed by atoms with van der Waals surface area (Å²) in [7, 11) is 0. The van der Waals surface area contributed by atoms with Crippen molar-refractivity contribution in [2.24, 2.45) is 10.9 Å². The molecule has 0 amide bonds. The fourth-order valence-corrected chi connectivity index (χ4v) is 4.81. The summed E-state index contributed by atoms with van der Waals surface area (Å²) in [4.78, 5) is 6.23. The maximum Gasteiger partial charge on any atom is 0.0605 e. The molecule has 1 aliphatic heterocycles. The number of hydrogen-bond donors (Lipinski definition) is 0. The standard InChI is InChI=1S/C35H35N3/c1-7-13-31(9-3)38-23-20-30-25-34-33(32(35(30)38)17-16-26(4)8-2)24-27(5)37(34)22-19-29(18-21-36-6)28-14-11-10-12-15-28/h7-21,23,25-26H,1-3,5-6,22,24H2,4H3/b17-16-,21-18-,29-19+,31-13+. The van der Waals surface area contributed by atoms with E-state index in [2.05, 4.69) is 103 Å². The van der Waals surface area contributed by atoms with Gasteiger partial charge in [-0.05, 0) is 59.7 Å². The highest BCUT2D eigenvalue weighted by molar-refractivity contribution is 5.98. The van der Waals surface area contributed by atoms with Gasteiger partial charge >= 0.3 is 0 Å². The number of aromatic nitrogens is 1. The van der Waals surface area contributed by atoms with Gasteiger partial charge < -0.3 is 9.47 Å². The van der Waals surface area contributed by atoms with Crippen LogP contribution >= 0.6 is 0 Å². The van der Waals surface area contributed by atoms with Gasteiger partial charge in [-0.1, -0.05) is 87.4 Å².